The monoisotopic (exact) mass is 368 g/mol. The maximum atomic E-state index is 11.8. The Morgan fingerprint density at radius 3 is 2.67 bits per heavy atom. The zero-order valence-electron chi connectivity index (χ0n) is 15.0. The van der Waals surface area contributed by atoms with Crippen molar-refractivity contribution in [2.24, 2.45) is 0 Å². The first-order valence-electron chi connectivity index (χ1n) is 8.72. The predicted octanol–water partition coefficient (Wildman–Crippen LogP) is 1.36. The summed E-state index contributed by atoms with van der Waals surface area (Å²) in [6.07, 6.45) is 1.52. The molecule has 2 aromatic heterocycles. The molecular weight excluding hydrogens is 348 g/mol. The molecule has 0 atom stereocenters. The van der Waals surface area contributed by atoms with Gasteiger partial charge in [-0.3, -0.25) is 4.90 Å². The first kappa shape index (κ1) is 17.2. The number of carbonyl (C=O) groups excluding carboxylic acids is 1. The highest BCUT2D eigenvalue weighted by Crippen LogP contribution is 2.19. The highest BCUT2D eigenvalue weighted by atomic mass is 16.5. The topological polar surface area (TPSA) is 89.5 Å². The molecule has 1 aromatic carbocycles. The van der Waals surface area contributed by atoms with Gasteiger partial charge in [0.25, 0.3) is 0 Å². The summed E-state index contributed by atoms with van der Waals surface area (Å²) in [6, 6.07) is 11.5. The van der Waals surface area contributed by atoms with E-state index < -0.39 is 0 Å². The van der Waals surface area contributed by atoms with Gasteiger partial charge in [0.15, 0.2) is 0 Å². The number of carbonyl (C=O) groups is 1. The van der Waals surface area contributed by atoms with Gasteiger partial charge in [0.1, 0.15) is 11.3 Å². The van der Waals surface area contributed by atoms with Gasteiger partial charge in [0.05, 0.1) is 25.6 Å². The molecule has 1 aliphatic rings. The summed E-state index contributed by atoms with van der Waals surface area (Å²) in [5.74, 6) is 0.984. The Morgan fingerprint density at radius 2 is 1.93 bits per heavy atom. The molecule has 9 heteroatoms. The number of nitrogens with zero attached hydrogens (tertiary/aromatic N) is 6. The summed E-state index contributed by atoms with van der Waals surface area (Å²) < 4.78 is 12.0. The number of methoxy groups -OCH3 is 1. The van der Waals surface area contributed by atoms with E-state index >= 15 is 0 Å². The lowest BCUT2D eigenvalue weighted by atomic mass is 10.2. The smallest absolute Gasteiger partial charge is 0.341 e. The van der Waals surface area contributed by atoms with E-state index in [-0.39, 0.29) is 5.97 Å². The van der Waals surface area contributed by atoms with E-state index in [4.69, 9.17) is 9.15 Å². The maximum absolute atomic E-state index is 11.8. The normalized spacial score (nSPS) is 15.1. The highest BCUT2D eigenvalue weighted by molar-refractivity contribution is 5.90. The van der Waals surface area contributed by atoms with Crippen molar-refractivity contribution in [1.82, 2.24) is 25.1 Å². The standard InChI is InChI=1S/C18H20N6O3/c1-26-17(25)15-7-12-27-16(15)13-22-8-10-23(11-9-22)18-19-20-21-24(18)14-5-3-2-4-6-14/h2-7,12H,8-11,13H2,1H3. The Balaban J connectivity index is 1.41. The van der Waals surface area contributed by atoms with Crippen LogP contribution in [0.25, 0.3) is 5.69 Å². The lowest BCUT2D eigenvalue weighted by Gasteiger charge is -2.34. The van der Waals surface area contributed by atoms with Gasteiger partial charge in [-0.05, 0) is 28.6 Å². The van der Waals surface area contributed by atoms with Crippen molar-refractivity contribution >= 4 is 11.9 Å². The van der Waals surface area contributed by atoms with Crippen LogP contribution in [0.4, 0.5) is 5.95 Å². The molecule has 0 radical (unpaired) electrons. The van der Waals surface area contributed by atoms with Crippen LogP contribution in [-0.4, -0.2) is 64.4 Å². The quantitative estimate of drug-likeness (QED) is 0.624. The van der Waals surface area contributed by atoms with Crippen molar-refractivity contribution in [2.75, 3.05) is 38.2 Å². The van der Waals surface area contributed by atoms with Crippen LogP contribution in [0.15, 0.2) is 47.1 Å². The minimum absolute atomic E-state index is 0.376. The van der Waals surface area contributed by atoms with Crippen LogP contribution in [-0.2, 0) is 11.3 Å². The third kappa shape index (κ3) is 3.54. The summed E-state index contributed by atoms with van der Waals surface area (Å²) in [6.45, 7) is 3.74. The van der Waals surface area contributed by atoms with Crippen LogP contribution in [0.5, 0.6) is 0 Å². The molecule has 0 aliphatic carbocycles. The average Bonchev–Trinajstić information content (AvgIpc) is 3.38. The fourth-order valence-electron chi connectivity index (χ4n) is 3.18. The summed E-state index contributed by atoms with van der Waals surface area (Å²) in [5.41, 5.74) is 1.41. The summed E-state index contributed by atoms with van der Waals surface area (Å²) in [5, 5.41) is 12.1. The van der Waals surface area contributed by atoms with Gasteiger partial charge in [-0.15, -0.1) is 0 Å². The van der Waals surface area contributed by atoms with Crippen molar-refractivity contribution in [3.63, 3.8) is 0 Å². The fourth-order valence-corrected chi connectivity index (χ4v) is 3.18. The van der Waals surface area contributed by atoms with E-state index in [1.165, 1.54) is 13.4 Å². The minimum atomic E-state index is -0.376. The van der Waals surface area contributed by atoms with E-state index in [1.807, 2.05) is 30.3 Å². The number of esters is 1. The van der Waals surface area contributed by atoms with Crippen LogP contribution >= 0.6 is 0 Å². The molecule has 0 spiro atoms. The third-order valence-electron chi connectivity index (χ3n) is 4.63. The van der Waals surface area contributed by atoms with Gasteiger partial charge >= 0.3 is 5.97 Å². The minimum Gasteiger partial charge on any atom is -0.467 e. The zero-order valence-corrected chi connectivity index (χ0v) is 15.0. The van der Waals surface area contributed by atoms with Crippen molar-refractivity contribution < 1.29 is 13.9 Å². The number of furan rings is 1. The Hall–Kier alpha value is -3.20. The molecule has 0 unspecified atom stereocenters. The van der Waals surface area contributed by atoms with E-state index in [2.05, 4.69) is 25.3 Å². The lowest BCUT2D eigenvalue weighted by Crippen LogP contribution is -2.47. The largest absolute Gasteiger partial charge is 0.467 e. The molecule has 140 valence electrons. The molecule has 1 fully saturated rings. The second-order valence-electron chi connectivity index (χ2n) is 6.24. The Morgan fingerprint density at radius 1 is 1.15 bits per heavy atom. The van der Waals surface area contributed by atoms with Gasteiger partial charge in [-0.1, -0.05) is 23.3 Å². The first-order chi connectivity index (χ1) is 13.3. The Kier molecular flexibility index (Phi) is 4.84. The Labute approximate surface area is 156 Å². The number of tetrazole rings is 1. The number of rotatable bonds is 5. The number of hydrogen-bond donors (Lipinski definition) is 0. The van der Waals surface area contributed by atoms with E-state index in [1.54, 1.807) is 10.7 Å². The summed E-state index contributed by atoms with van der Waals surface area (Å²) in [7, 11) is 1.37. The van der Waals surface area contributed by atoms with Gasteiger partial charge in [0.2, 0.25) is 5.95 Å². The maximum Gasteiger partial charge on any atom is 0.341 e. The molecular formula is C18H20N6O3. The summed E-state index contributed by atoms with van der Waals surface area (Å²) >= 11 is 0. The molecule has 1 aliphatic heterocycles. The van der Waals surface area contributed by atoms with Crippen molar-refractivity contribution in [3.05, 3.63) is 54.0 Å². The van der Waals surface area contributed by atoms with Gasteiger partial charge < -0.3 is 14.1 Å². The van der Waals surface area contributed by atoms with Gasteiger partial charge in [0, 0.05) is 26.2 Å². The molecule has 0 bridgehead atoms. The number of piperazine rings is 1. The number of anilines is 1. The van der Waals surface area contributed by atoms with Crippen molar-refractivity contribution in [1.29, 1.82) is 0 Å². The summed E-state index contributed by atoms with van der Waals surface area (Å²) in [4.78, 5) is 16.2. The van der Waals surface area contributed by atoms with E-state index in [0.29, 0.717) is 17.9 Å². The second-order valence-corrected chi connectivity index (χ2v) is 6.24. The molecule has 0 amide bonds. The van der Waals surface area contributed by atoms with Crippen molar-refractivity contribution in [3.8, 4) is 5.69 Å². The number of aromatic nitrogens is 4. The second kappa shape index (κ2) is 7.58. The first-order valence-corrected chi connectivity index (χ1v) is 8.72. The molecule has 3 heterocycles. The van der Waals surface area contributed by atoms with Crippen LogP contribution in [0, 0.1) is 0 Å². The predicted molar refractivity (Wildman–Crippen MR) is 96.7 cm³/mol. The van der Waals surface area contributed by atoms with Crippen LogP contribution < -0.4 is 4.90 Å². The van der Waals surface area contributed by atoms with Crippen molar-refractivity contribution in [2.45, 2.75) is 6.54 Å². The molecule has 3 aromatic rings. The lowest BCUT2D eigenvalue weighted by molar-refractivity contribution is 0.0596. The van der Waals surface area contributed by atoms with E-state index in [9.17, 15) is 4.79 Å². The SMILES string of the molecule is COC(=O)c1ccoc1CN1CCN(c2nnnn2-c2ccccc2)CC1. The van der Waals surface area contributed by atoms with Crippen LogP contribution in [0.1, 0.15) is 16.1 Å². The molecule has 4 rings (SSSR count). The Bertz CT molecular complexity index is 899. The molecule has 9 nitrogen and oxygen atoms in total. The number of hydrogen-bond acceptors (Lipinski definition) is 8. The number of ether oxygens (including phenoxy) is 1. The van der Waals surface area contributed by atoms with Gasteiger partial charge in [-0.2, -0.15) is 4.68 Å². The molecule has 27 heavy (non-hydrogen) atoms. The number of benzene rings is 1. The molecule has 1 saturated heterocycles. The van der Waals surface area contributed by atoms with E-state index in [0.717, 1.165) is 37.8 Å². The third-order valence-corrected chi connectivity index (χ3v) is 4.63. The molecule has 0 N–H and O–H groups in total. The zero-order chi connectivity index (χ0) is 18.6. The average molecular weight is 368 g/mol. The van der Waals surface area contributed by atoms with Crippen LogP contribution in [0.2, 0.25) is 0 Å². The number of para-hydroxylation sites is 1. The van der Waals surface area contributed by atoms with Gasteiger partial charge in [-0.25, -0.2) is 4.79 Å². The fraction of sp³-hybridized carbons (Fsp3) is 0.333. The highest BCUT2D eigenvalue weighted by Gasteiger charge is 2.24. The van der Waals surface area contributed by atoms with Crippen LogP contribution in [0.3, 0.4) is 0 Å². The molecule has 0 saturated carbocycles.